The molecule has 0 fully saturated rings. The Labute approximate surface area is 120 Å². The second-order valence-electron chi connectivity index (χ2n) is 3.97. The maximum Gasteiger partial charge on any atom is 0.263 e. The zero-order valence-electron chi connectivity index (χ0n) is 10.6. The lowest BCUT2D eigenvalue weighted by atomic mass is 10.1. The summed E-state index contributed by atoms with van der Waals surface area (Å²) in [5.74, 6) is -0.734. The highest BCUT2D eigenvalue weighted by molar-refractivity contribution is 6.31. The van der Waals surface area contributed by atoms with Crippen LogP contribution in [0.2, 0.25) is 5.02 Å². The number of carbonyl (C=O) groups is 1. The number of aromatic hydroxyl groups is 2. The van der Waals surface area contributed by atoms with Crippen molar-refractivity contribution < 1.29 is 19.7 Å². The fourth-order valence-electron chi connectivity index (χ4n) is 1.71. The number of halogens is 1. The quantitative estimate of drug-likeness (QED) is 0.760. The van der Waals surface area contributed by atoms with E-state index in [1.54, 1.807) is 12.1 Å². The zero-order valence-corrected chi connectivity index (χ0v) is 11.3. The van der Waals surface area contributed by atoms with E-state index < -0.39 is 5.91 Å². The highest BCUT2D eigenvalue weighted by Gasteiger charge is 2.18. The number of phenolic OH excluding ortho intramolecular Hbond substituents is 2. The Balaban J connectivity index is 2.36. The summed E-state index contributed by atoms with van der Waals surface area (Å²) in [7, 11) is 1.39. The third-order valence-corrected chi connectivity index (χ3v) is 2.89. The Morgan fingerprint density at radius 2 is 1.95 bits per heavy atom. The molecule has 2 aromatic rings. The van der Waals surface area contributed by atoms with Gasteiger partial charge in [-0.1, -0.05) is 17.7 Å². The average Bonchev–Trinajstić information content (AvgIpc) is 2.42. The van der Waals surface area contributed by atoms with Crippen molar-refractivity contribution in [2.24, 2.45) is 0 Å². The lowest BCUT2D eigenvalue weighted by Crippen LogP contribution is -2.13. The number of phenols is 2. The molecule has 104 valence electrons. The van der Waals surface area contributed by atoms with E-state index in [-0.39, 0.29) is 28.5 Å². The van der Waals surface area contributed by atoms with E-state index in [2.05, 4.69) is 5.32 Å². The molecule has 0 unspecified atom stereocenters. The molecule has 0 aliphatic rings. The second-order valence-corrected chi connectivity index (χ2v) is 4.41. The summed E-state index contributed by atoms with van der Waals surface area (Å²) in [5.41, 5.74) is 0.127. The number of methoxy groups -OCH3 is 1. The van der Waals surface area contributed by atoms with Gasteiger partial charge in [-0.2, -0.15) is 0 Å². The molecule has 6 heteroatoms. The van der Waals surface area contributed by atoms with Crippen molar-refractivity contribution >= 4 is 23.2 Å². The Kier molecular flexibility index (Phi) is 4.00. The first-order valence-electron chi connectivity index (χ1n) is 5.68. The highest BCUT2D eigenvalue weighted by Crippen LogP contribution is 2.31. The standard InChI is InChI=1S/C14H12ClNO4/c1-20-12-4-2-3-11(18)13(12)14(19)16-9-7-8(15)5-6-10(9)17/h2-7,17-18H,1H3,(H,16,19). The molecule has 0 spiro atoms. The highest BCUT2D eigenvalue weighted by atomic mass is 35.5. The minimum Gasteiger partial charge on any atom is -0.507 e. The molecule has 3 N–H and O–H groups in total. The molecule has 0 heterocycles. The largest absolute Gasteiger partial charge is 0.507 e. The summed E-state index contributed by atoms with van der Waals surface area (Å²) in [4.78, 5) is 12.2. The van der Waals surface area contributed by atoms with Crippen LogP contribution in [-0.4, -0.2) is 23.2 Å². The summed E-state index contributed by atoms with van der Waals surface area (Å²) in [6, 6.07) is 8.73. The predicted octanol–water partition coefficient (Wildman–Crippen LogP) is 3.01. The van der Waals surface area contributed by atoms with Crippen LogP contribution in [0.25, 0.3) is 0 Å². The topological polar surface area (TPSA) is 78.8 Å². The third-order valence-electron chi connectivity index (χ3n) is 2.66. The molecule has 0 aliphatic carbocycles. The lowest BCUT2D eigenvalue weighted by Gasteiger charge is -2.11. The van der Waals surface area contributed by atoms with Crippen LogP contribution in [0.1, 0.15) is 10.4 Å². The Hall–Kier alpha value is -2.40. The molecule has 0 radical (unpaired) electrons. The fraction of sp³-hybridized carbons (Fsp3) is 0.0714. The molecule has 0 aliphatic heterocycles. The van der Waals surface area contributed by atoms with E-state index in [0.717, 1.165) is 0 Å². The van der Waals surface area contributed by atoms with Gasteiger partial charge in [0, 0.05) is 5.02 Å². The van der Waals surface area contributed by atoms with Crippen LogP contribution in [-0.2, 0) is 0 Å². The van der Waals surface area contributed by atoms with Crippen LogP contribution in [0.3, 0.4) is 0 Å². The average molecular weight is 294 g/mol. The van der Waals surface area contributed by atoms with Crippen LogP contribution >= 0.6 is 11.6 Å². The van der Waals surface area contributed by atoms with Crippen molar-refractivity contribution in [1.82, 2.24) is 0 Å². The normalized spacial score (nSPS) is 10.1. The van der Waals surface area contributed by atoms with E-state index in [0.29, 0.717) is 5.02 Å². The third kappa shape index (κ3) is 2.78. The van der Waals surface area contributed by atoms with E-state index in [9.17, 15) is 15.0 Å². The number of anilines is 1. The van der Waals surface area contributed by atoms with E-state index >= 15 is 0 Å². The van der Waals surface area contributed by atoms with Gasteiger partial charge < -0.3 is 20.3 Å². The Morgan fingerprint density at radius 1 is 1.20 bits per heavy atom. The van der Waals surface area contributed by atoms with Gasteiger partial charge in [-0.25, -0.2) is 0 Å². The maximum absolute atomic E-state index is 12.2. The number of rotatable bonds is 3. The number of benzene rings is 2. The van der Waals surface area contributed by atoms with E-state index in [4.69, 9.17) is 16.3 Å². The van der Waals surface area contributed by atoms with Crippen LogP contribution in [0.15, 0.2) is 36.4 Å². The summed E-state index contributed by atoms with van der Waals surface area (Å²) in [6.07, 6.45) is 0. The van der Waals surface area contributed by atoms with Crippen molar-refractivity contribution in [2.45, 2.75) is 0 Å². The lowest BCUT2D eigenvalue weighted by molar-refractivity contribution is 0.102. The van der Waals surface area contributed by atoms with Crippen molar-refractivity contribution in [3.8, 4) is 17.2 Å². The van der Waals surface area contributed by atoms with Crippen molar-refractivity contribution in [3.05, 3.63) is 47.0 Å². The van der Waals surface area contributed by atoms with Crippen molar-refractivity contribution in [2.75, 3.05) is 12.4 Å². The maximum atomic E-state index is 12.2. The van der Waals surface area contributed by atoms with Crippen LogP contribution < -0.4 is 10.1 Å². The molecule has 5 nitrogen and oxygen atoms in total. The predicted molar refractivity (Wildman–Crippen MR) is 75.7 cm³/mol. The van der Waals surface area contributed by atoms with Gasteiger partial charge in [-0.15, -0.1) is 0 Å². The number of amides is 1. The minimum absolute atomic E-state index is 0.0191. The van der Waals surface area contributed by atoms with E-state index in [1.807, 2.05) is 0 Å². The van der Waals surface area contributed by atoms with Crippen LogP contribution in [0.4, 0.5) is 5.69 Å². The first-order valence-corrected chi connectivity index (χ1v) is 6.06. The number of ether oxygens (including phenoxy) is 1. The molecule has 0 atom stereocenters. The van der Waals surface area contributed by atoms with Gasteiger partial charge in [0.15, 0.2) is 0 Å². The molecule has 0 aromatic heterocycles. The second kappa shape index (κ2) is 5.71. The van der Waals surface area contributed by atoms with Crippen molar-refractivity contribution in [1.29, 1.82) is 0 Å². The summed E-state index contributed by atoms with van der Waals surface area (Å²) in [6.45, 7) is 0. The van der Waals surface area contributed by atoms with Gasteiger partial charge in [0.05, 0.1) is 12.8 Å². The zero-order chi connectivity index (χ0) is 14.7. The summed E-state index contributed by atoms with van der Waals surface area (Å²) in [5, 5.41) is 22.3. The van der Waals surface area contributed by atoms with Gasteiger partial charge in [-0.05, 0) is 30.3 Å². The van der Waals surface area contributed by atoms with Crippen molar-refractivity contribution in [3.63, 3.8) is 0 Å². The molecule has 1 amide bonds. The Bertz CT molecular complexity index is 658. The molecule has 2 aromatic carbocycles. The van der Waals surface area contributed by atoms with Crippen LogP contribution in [0.5, 0.6) is 17.2 Å². The SMILES string of the molecule is COc1cccc(O)c1C(=O)Nc1cc(Cl)ccc1O. The molecule has 0 saturated carbocycles. The molecule has 2 rings (SSSR count). The molecule has 0 saturated heterocycles. The number of nitrogens with one attached hydrogen (secondary N) is 1. The Morgan fingerprint density at radius 3 is 2.65 bits per heavy atom. The first kappa shape index (κ1) is 14.0. The fourth-order valence-corrected chi connectivity index (χ4v) is 1.88. The van der Waals surface area contributed by atoms with Gasteiger partial charge in [0.2, 0.25) is 0 Å². The van der Waals surface area contributed by atoms with E-state index in [1.165, 1.54) is 31.4 Å². The molecule has 20 heavy (non-hydrogen) atoms. The van der Waals surface area contributed by atoms with Gasteiger partial charge in [0.25, 0.3) is 5.91 Å². The molecular weight excluding hydrogens is 282 g/mol. The molecular formula is C14H12ClNO4. The van der Waals surface area contributed by atoms with Gasteiger partial charge in [-0.3, -0.25) is 4.79 Å². The van der Waals surface area contributed by atoms with Gasteiger partial charge >= 0.3 is 0 Å². The van der Waals surface area contributed by atoms with Gasteiger partial charge in [0.1, 0.15) is 22.8 Å². The van der Waals surface area contributed by atoms with Crippen LogP contribution in [0, 0.1) is 0 Å². The number of hydrogen-bond acceptors (Lipinski definition) is 4. The minimum atomic E-state index is -0.613. The smallest absolute Gasteiger partial charge is 0.263 e. The monoisotopic (exact) mass is 293 g/mol. The number of hydrogen-bond donors (Lipinski definition) is 3. The summed E-state index contributed by atoms with van der Waals surface area (Å²) >= 11 is 5.80. The summed E-state index contributed by atoms with van der Waals surface area (Å²) < 4.78 is 5.03. The molecule has 0 bridgehead atoms. The first-order chi connectivity index (χ1) is 9.52. The number of carbonyl (C=O) groups excluding carboxylic acids is 1.